The maximum Gasteiger partial charge on any atom is 0.308 e. The smallest absolute Gasteiger partial charge is 0.308 e. The van der Waals surface area contributed by atoms with Crippen molar-refractivity contribution in [2.75, 3.05) is 13.1 Å². The van der Waals surface area contributed by atoms with E-state index >= 15 is 0 Å². The summed E-state index contributed by atoms with van der Waals surface area (Å²) >= 11 is 0. The standard InChI is InChI=1S/C20H24N2O8/c1-11(2)19(26)21-7-6-8-22-20(27)15-9-16(28-12(3)23)18(30-14(5)25)17(10-15)29-13(4)24/h9-10H,1,6-8H2,2-5H3,(H,21,26)(H,22,27). The summed E-state index contributed by atoms with van der Waals surface area (Å²) in [6, 6.07) is 2.37. The van der Waals surface area contributed by atoms with Gasteiger partial charge in [0.1, 0.15) is 0 Å². The fourth-order valence-electron chi connectivity index (χ4n) is 2.16. The average Bonchev–Trinajstić information content (AvgIpc) is 2.62. The molecule has 10 heteroatoms. The van der Waals surface area contributed by atoms with Gasteiger partial charge >= 0.3 is 17.9 Å². The van der Waals surface area contributed by atoms with Gasteiger partial charge in [-0.2, -0.15) is 0 Å². The number of hydrogen-bond donors (Lipinski definition) is 2. The van der Waals surface area contributed by atoms with Crippen LogP contribution in [0.5, 0.6) is 17.2 Å². The lowest BCUT2D eigenvalue weighted by molar-refractivity contribution is -0.135. The van der Waals surface area contributed by atoms with E-state index in [0.717, 1.165) is 20.8 Å². The molecule has 0 radical (unpaired) electrons. The molecule has 1 rings (SSSR count). The Hall–Kier alpha value is -3.69. The van der Waals surface area contributed by atoms with Crippen molar-refractivity contribution in [2.45, 2.75) is 34.1 Å². The summed E-state index contributed by atoms with van der Waals surface area (Å²) in [6.07, 6.45) is 0.448. The van der Waals surface area contributed by atoms with Crippen LogP contribution in [0.2, 0.25) is 0 Å². The van der Waals surface area contributed by atoms with Crippen molar-refractivity contribution >= 4 is 29.7 Å². The van der Waals surface area contributed by atoms with Crippen LogP contribution in [0.1, 0.15) is 44.5 Å². The Morgan fingerprint density at radius 1 is 0.800 bits per heavy atom. The van der Waals surface area contributed by atoms with Gasteiger partial charge in [-0.1, -0.05) is 6.58 Å². The highest BCUT2D eigenvalue weighted by atomic mass is 16.6. The molecule has 0 saturated carbocycles. The molecule has 2 N–H and O–H groups in total. The SMILES string of the molecule is C=C(C)C(=O)NCCCNC(=O)c1cc(OC(C)=O)c(OC(C)=O)c(OC(C)=O)c1. The van der Waals surface area contributed by atoms with E-state index in [2.05, 4.69) is 17.2 Å². The van der Waals surface area contributed by atoms with E-state index < -0.39 is 23.8 Å². The molecular formula is C20H24N2O8. The molecule has 162 valence electrons. The van der Waals surface area contributed by atoms with Gasteiger partial charge in [0.2, 0.25) is 11.7 Å². The zero-order valence-corrected chi connectivity index (χ0v) is 17.2. The predicted molar refractivity (Wildman–Crippen MR) is 105 cm³/mol. The molecule has 2 amide bonds. The maximum atomic E-state index is 12.5. The summed E-state index contributed by atoms with van der Waals surface area (Å²) in [6.45, 7) is 9.01. The third-order valence-corrected chi connectivity index (χ3v) is 3.35. The number of nitrogens with one attached hydrogen (secondary N) is 2. The zero-order chi connectivity index (χ0) is 22.8. The van der Waals surface area contributed by atoms with Gasteiger partial charge in [-0.05, 0) is 25.5 Å². The van der Waals surface area contributed by atoms with Gasteiger partial charge in [-0.3, -0.25) is 24.0 Å². The quantitative estimate of drug-likeness (QED) is 0.264. The molecule has 0 atom stereocenters. The average molecular weight is 420 g/mol. The Morgan fingerprint density at radius 2 is 1.27 bits per heavy atom. The van der Waals surface area contributed by atoms with Crippen molar-refractivity contribution < 1.29 is 38.2 Å². The van der Waals surface area contributed by atoms with Crippen LogP contribution in [-0.4, -0.2) is 42.8 Å². The number of ether oxygens (including phenoxy) is 3. The first-order chi connectivity index (χ1) is 14.0. The molecule has 0 fully saturated rings. The van der Waals surface area contributed by atoms with Gasteiger partial charge in [-0.15, -0.1) is 0 Å². The van der Waals surface area contributed by atoms with Crippen molar-refractivity contribution in [3.05, 3.63) is 29.8 Å². The van der Waals surface area contributed by atoms with Crippen molar-refractivity contribution in [2.24, 2.45) is 0 Å². The molecule has 0 spiro atoms. The zero-order valence-electron chi connectivity index (χ0n) is 17.2. The van der Waals surface area contributed by atoms with Gasteiger partial charge in [0.15, 0.2) is 11.5 Å². The lowest BCUT2D eigenvalue weighted by Crippen LogP contribution is -2.30. The van der Waals surface area contributed by atoms with Crippen LogP contribution in [0.25, 0.3) is 0 Å². The minimum Gasteiger partial charge on any atom is -0.423 e. The molecular weight excluding hydrogens is 396 g/mol. The summed E-state index contributed by atoms with van der Waals surface area (Å²) < 4.78 is 15.0. The fourth-order valence-corrected chi connectivity index (χ4v) is 2.16. The maximum absolute atomic E-state index is 12.5. The van der Waals surface area contributed by atoms with Crippen LogP contribution in [0, 0.1) is 0 Å². The van der Waals surface area contributed by atoms with Crippen molar-refractivity contribution in [3.63, 3.8) is 0 Å². The molecule has 0 bridgehead atoms. The second-order valence-corrected chi connectivity index (χ2v) is 6.23. The number of rotatable bonds is 9. The minimum absolute atomic E-state index is 0.00405. The van der Waals surface area contributed by atoms with E-state index in [1.807, 2.05) is 0 Å². The van der Waals surface area contributed by atoms with Crippen LogP contribution in [-0.2, 0) is 19.2 Å². The first kappa shape index (κ1) is 24.3. The normalized spacial score (nSPS) is 9.87. The molecule has 0 aliphatic rings. The van der Waals surface area contributed by atoms with Gasteiger partial charge in [0.25, 0.3) is 5.91 Å². The number of amides is 2. The Kier molecular flexibility index (Phi) is 9.21. The summed E-state index contributed by atoms with van der Waals surface area (Å²) in [7, 11) is 0. The number of carbonyl (C=O) groups excluding carboxylic acids is 5. The molecule has 10 nitrogen and oxygen atoms in total. The van der Waals surface area contributed by atoms with E-state index in [-0.39, 0.29) is 35.3 Å². The van der Waals surface area contributed by atoms with Crippen LogP contribution in [0.3, 0.4) is 0 Å². The molecule has 0 saturated heterocycles. The molecule has 0 heterocycles. The Balaban J connectivity index is 3.01. The molecule has 1 aromatic carbocycles. The van der Waals surface area contributed by atoms with E-state index in [0.29, 0.717) is 18.5 Å². The minimum atomic E-state index is -0.745. The highest BCUT2D eigenvalue weighted by molar-refractivity contribution is 5.96. The Morgan fingerprint density at radius 3 is 1.70 bits per heavy atom. The number of hydrogen-bond acceptors (Lipinski definition) is 8. The second kappa shape index (κ2) is 11.3. The first-order valence-corrected chi connectivity index (χ1v) is 8.96. The van der Waals surface area contributed by atoms with E-state index in [4.69, 9.17) is 14.2 Å². The van der Waals surface area contributed by atoms with Gasteiger partial charge in [0, 0.05) is 45.0 Å². The van der Waals surface area contributed by atoms with Crippen LogP contribution in [0.15, 0.2) is 24.3 Å². The number of carbonyl (C=O) groups is 5. The second-order valence-electron chi connectivity index (χ2n) is 6.23. The lowest BCUT2D eigenvalue weighted by atomic mass is 10.1. The highest BCUT2D eigenvalue weighted by Gasteiger charge is 2.22. The topological polar surface area (TPSA) is 137 Å². The van der Waals surface area contributed by atoms with Crippen LogP contribution >= 0.6 is 0 Å². The number of benzene rings is 1. The molecule has 0 aliphatic heterocycles. The Labute approximate surface area is 173 Å². The lowest BCUT2D eigenvalue weighted by Gasteiger charge is -2.15. The van der Waals surface area contributed by atoms with E-state index in [1.54, 1.807) is 6.92 Å². The van der Waals surface area contributed by atoms with Gasteiger partial charge in [-0.25, -0.2) is 0 Å². The van der Waals surface area contributed by atoms with E-state index in [1.165, 1.54) is 12.1 Å². The van der Waals surface area contributed by atoms with E-state index in [9.17, 15) is 24.0 Å². The van der Waals surface area contributed by atoms with Crippen LogP contribution < -0.4 is 24.8 Å². The summed E-state index contributed by atoms with van der Waals surface area (Å²) in [4.78, 5) is 58.0. The summed E-state index contributed by atoms with van der Waals surface area (Å²) in [5.41, 5.74) is 0.382. The molecule has 1 aromatic rings. The molecule has 0 aromatic heterocycles. The van der Waals surface area contributed by atoms with Crippen molar-refractivity contribution in [1.29, 1.82) is 0 Å². The largest absolute Gasteiger partial charge is 0.423 e. The monoisotopic (exact) mass is 420 g/mol. The molecule has 0 aliphatic carbocycles. The third-order valence-electron chi connectivity index (χ3n) is 3.35. The molecule has 0 unspecified atom stereocenters. The Bertz CT molecular complexity index is 839. The number of esters is 3. The van der Waals surface area contributed by atoms with Crippen LogP contribution in [0.4, 0.5) is 0 Å². The van der Waals surface area contributed by atoms with Gasteiger partial charge in [0.05, 0.1) is 0 Å². The van der Waals surface area contributed by atoms with Crippen molar-refractivity contribution in [1.82, 2.24) is 10.6 Å². The summed E-state index contributed by atoms with van der Waals surface area (Å²) in [5, 5.41) is 5.25. The highest BCUT2D eigenvalue weighted by Crippen LogP contribution is 2.39. The molecule has 30 heavy (non-hydrogen) atoms. The fraction of sp³-hybridized carbons (Fsp3) is 0.350. The van der Waals surface area contributed by atoms with Crippen molar-refractivity contribution in [3.8, 4) is 17.2 Å². The summed E-state index contributed by atoms with van der Waals surface area (Å²) in [5.74, 6) is -3.86. The third kappa shape index (κ3) is 8.13. The van der Waals surface area contributed by atoms with Gasteiger partial charge < -0.3 is 24.8 Å². The predicted octanol–water partition coefficient (Wildman–Crippen LogP) is 1.27. The first-order valence-electron chi connectivity index (χ1n) is 8.96.